The van der Waals surface area contributed by atoms with E-state index in [0.717, 1.165) is 16.3 Å². The maximum atomic E-state index is 12.5. The first kappa shape index (κ1) is 15.2. The molecule has 2 rings (SSSR count). The van der Waals surface area contributed by atoms with Gasteiger partial charge in [-0.15, -0.1) is 0 Å². The van der Waals surface area contributed by atoms with Crippen LogP contribution in [-0.4, -0.2) is 32.5 Å². The molecule has 6 nitrogen and oxygen atoms in total. The number of benzene rings is 1. The highest BCUT2D eigenvalue weighted by molar-refractivity contribution is 7.92. The van der Waals surface area contributed by atoms with Gasteiger partial charge >= 0.3 is 0 Å². The van der Waals surface area contributed by atoms with Crippen LogP contribution in [-0.2, 0) is 16.4 Å². The first-order valence-corrected chi connectivity index (χ1v) is 7.87. The summed E-state index contributed by atoms with van der Waals surface area (Å²) in [6.45, 7) is 2.01. The van der Waals surface area contributed by atoms with Crippen LogP contribution in [0.2, 0.25) is 0 Å². The van der Waals surface area contributed by atoms with Gasteiger partial charge in [-0.1, -0.05) is 19.1 Å². The fourth-order valence-corrected chi connectivity index (χ4v) is 2.85. The van der Waals surface area contributed by atoms with Crippen molar-refractivity contribution >= 4 is 16.0 Å². The Morgan fingerprint density at radius 2 is 1.71 bits per heavy atom. The SMILES string of the molecule is CCc1ccc(S(=O)(=O)N(C)c2ncc(OC)cn2)cc1. The average molecular weight is 307 g/mol. The number of rotatable bonds is 5. The molecule has 1 heterocycles. The van der Waals surface area contributed by atoms with Crippen molar-refractivity contribution < 1.29 is 13.2 Å². The zero-order chi connectivity index (χ0) is 15.5. The number of aryl methyl sites for hydroxylation is 1. The Morgan fingerprint density at radius 3 is 2.19 bits per heavy atom. The predicted octanol–water partition coefficient (Wildman–Crippen LogP) is 1.87. The number of methoxy groups -OCH3 is 1. The molecule has 0 bridgehead atoms. The molecular formula is C14H17N3O3S. The summed E-state index contributed by atoms with van der Waals surface area (Å²) in [6, 6.07) is 6.79. The molecule has 0 atom stereocenters. The molecule has 1 aromatic carbocycles. The molecule has 0 fully saturated rings. The van der Waals surface area contributed by atoms with Crippen LogP contribution >= 0.6 is 0 Å². The standard InChI is InChI=1S/C14H17N3O3S/c1-4-11-5-7-13(8-6-11)21(18,19)17(2)14-15-9-12(20-3)10-16-14/h5-10H,4H2,1-3H3. The van der Waals surface area contributed by atoms with Crippen molar-refractivity contribution in [3.8, 4) is 5.75 Å². The van der Waals surface area contributed by atoms with Crippen LogP contribution in [0.4, 0.5) is 5.95 Å². The quantitative estimate of drug-likeness (QED) is 0.843. The van der Waals surface area contributed by atoms with E-state index >= 15 is 0 Å². The van der Waals surface area contributed by atoms with Crippen molar-refractivity contribution in [2.75, 3.05) is 18.5 Å². The average Bonchev–Trinajstić information content (AvgIpc) is 2.54. The van der Waals surface area contributed by atoms with Crippen molar-refractivity contribution in [3.05, 3.63) is 42.2 Å². The molecule has 112 valence electrons. The number of sulfonamides is 1. The molecule has 0 radical (unpaired) electrons. The summed E-state index contributed by atoms with van der Waals surface area (Å²) in [6.07, 6.45) is 3.71. The van der Waals surface area contributed by atoms with Gasteiger partial charge in [0.2, 0.25) is 5.95 Å². The van der Waals surface area contributed by atoms with Gasteiger partial charge in [-0.2, -0.15) is 0 Å². The Labute approximate surface area is 124 Å². The Kier molecular flexibility index (Phi) is 4.42. The highest BCUT2D eigenvalue weighted by Gasteiger charge is 2.23. The molecule has 0 amide bonds. The van der Waals surface area contributed by atoms with E-state index in [1.807, 2.05) is 6.92 Å². The Bertz CT molecular complexity index is 697. The fraction of sp³-hybridized carbons (Fsp3) is 0.286. The maximum Gasteiger partial charge on any atom is 0.266 e. The summed E-state index contributed by atoms with van der Waals surface area (Å²) in [5, 5.41) is 0. The monoisotopic (exact) mass is 307 g/mol. The van der Waals surface area contributed by atoms with Gasteiger partial charge in [-0.3, -0.25) is 0 Å². The van der Waals surface area contributed by atoms with E-state index in [4.69, 9.17) is 4.74 Å². The van der Waals surface area contributed by atoms with Gasteiger partial charge in [0.05, 0.1) is 24.4 Å². The van der Waals surface area contributed by atoms with Crippen molar-refractivity contribution in [1.82, 2.24) is 9.97 Å². The number of nitrogens with zero attached hydrogens (tertiary/aromatic N) is 3. The summed E-state index contributed by atoms with van der Waals surface area (Å²) in [4.78, 5) is 8.18. The van der Waals surface area contributed by atoms with E-state index in [-0.39, 0.29) is 10.8 Å². The summed E-state index contributed by atoms with van der Waals surface area (Å²) < 4.78 is 31.0. The second-order valence-corrected chi connectivity index (χ2v) is 6.36. The second kappa shape index (κ2) is 6.09. The van der Waals surface area contributed by atoms with E-state index in [2.05, 4.69) is 9.97 Å². The van der Waals surface area contributed by atoms with E-state index < -0.39 is 10.0 Å². The first-order valence-electron chi connectivity index (χ1n) is 6.43. The van der Waals surface area contributed by atoms with Crippen LogP contribution in [0, 0.1) is 0 Å². The molecule has 0 aliphatic heterocycles. The molecule has 0 aliphatic rings. The van der Waals surface area contributed by atoms with Gasteiger partial charge in [0, 0.05) is 7.05 Å². The third-order valence-electron chi connectivity index (χ3n) is 3.12. The fourth-order valence-electron chi connectivity index (χ4n) is 1.74. The van der Waals surface area contributed by atoms with Crippen molar-refractivity contribution in [2.45, 2.75) is 18.2 Å². The molecule has 2 aromatic rings. The van der Waals surface area contributed by atoms with Crippen molar-refractivity contribution in [2.24, 2.45) is 0 Å². The summed E-state index contributed by atoms with van der Waals surface area (Å²) in [5.41, 5.74) is 1.08. The molecule has 0 saturated heterocycles. The molecule has 0 saturated carbocycles. The number of hydrogen-bond donors (Lipinski definition) is 0. The number of ether oxygens (including phenoxy) is 1. The molecule has 0 N–H and O–H groups in total. The number of aromatic nitrogens is 2. The van der Waals surface area contributed by atoms with E-state index in [0.29, 0.717) is 5.75 Å². The molecule has 0 unspecified atom stereocenters. The third kappa shape index (κ3) is 3.13. The van der Waals surface area contributed by atoms with Gasteiger partial charge in [0.1, 0.15) is 0 Å². The smallest absolute Gasteiger partial charge is 0.266 e. The van der Waals surface area contributed by atoms with Crippen LogP contribution in [0.5, 0.6) is 5.75 Å². The largest absolute Gasteiger partial charge is 0.494 e. The van der Waals surface area contributed by atoms with Gasteiger partial charge in [-0.25, -0.2) is 22.7 Å². The highest BCUT2D eigenvalue weighted by Crippen LogP contribution is 2.20. The van der Waals surface area contributed by atoms with Gasteiger partial charge in [0.15, 0.2) is 5.75 Å². The Balaban J connectivity index is 2.32. The van der Waals surface area contributed by atoms with Gasteiger partial charge in [-0.05, 0) is 24.1 Å². The van der Waals surface area contributed by atoms with Crippen LogP contribution in [0.15, 0.2) is 41.6 Å². The minimum atomic E-state index is -3.67. The van der Waals surface area contributed by atoms with E-state index in [1.165, 1.54) is 26.6 Å². The summed E-state index contributed by atoms with van der Waals surface area (Å²) >= 11 is 0. The molecule has 21 heavy (non-hydrogen) atoms. The van der Waals surface area contributed by atoms with E-state index in [9.17, 15) is 8.42 Å². The van der Waals surface area contributed by atoms with Crippen LogP contribution in [0.25, 0.3) is 0 Å². The van der Waals surface area contributed by atoms with Crippen molar-refractivity contribution in [3.63, 3.8) is 0 Å². The van der Waals surface area contributed by atoms with Gasteiger partial charge < -0.3 is 4.74 Å². The molecule has 7 heteroatoms. The van der Waals surface area contributed by atoms with Crippen LogP contribution in [0.1, 0.15) is 12.5 Å². The maximum absolute atomic E-state index is 12.5. The first-order chi connectivity index (χ1) is 9.98. The van der Waals surface area contributed by atoms with Crippen LogP contribution in [0.3, 0.4) is 0 Å². The zero-order valence-corrected chi connectivity index (χ0v) is 13.0. The number of anilines is 1. The minimum Gasteiger partial charge on any atom is -0.494 e. The lowest BCUT2D eigenvalue weighted by molar-refractivity contribution is 0.411. The molecule has 0 spiro atoms. The molecular weight excluding hydrogens is 290 g/mol. The highest BCUT2D eigenvalue weighted by atomic mass is 32.2. The predicted molar refractivity (Wildman–Crippen MR) is 80.0 cm³/mol. The van der Waals surface area contributed by atoms with E-state index in [1.54, 1.807) is 24.3 Å². The van der Waals surface area contributed by atoms with Crippen molar-refractivity contribution in [1.29, 1.82) is 0 Å². The lowest BCUT2D eigenvalue weighted by atomic mass is 10.2. The lowest BCUT2D eigenvalue weighted by Crippen LogP contribution is -2.28. The Morgan fingerprint density at radius 1 is 1.14 bits per heavy atom. The molecule has 0 aliphatic carbocycles. The van der Waals surface area contributed by atoms with Crippen LogP contribution < -0.4 is 9.04 Å². The number of hydrogen-bond acceptors (Lipinski definition) is 5. The summed E-state index contributed by atoms with van der Waals surface area (Å²) in [7, 11) is -0.753. The molecule has 1 aromatic heterocycles. The minimum absolute atomic E-state index is 0.0929. The van der Waals surface area contributed by atoms with Gasteiger partial charge in [0.25, 0.3) is 10.0 Å². The lowest BCUT2D eigenvalue weighted by Gasteiger charge is -2.17. The summed E-state index contributed by atoms with van der Waals surface area (Å²) in [5.74, 6) is 0.562. The Hall–Kier alpha value is -2.15. The normalized spacial score (nSPS) is 11.2. The third-order valence-corrected chi connectivity index (χ3v) is 4.87. The second-order valence-electron chi connectivity index (χ2n) is 4.39. The zero-order valence-electron chi connectivity index (χ0n) is 12.1. The topological polar surface area (TPSA) is 72.4 Å².